The second-order valence-electron chi connectivity index (χ2n) is 8.85. The van der Waals surface area contributed by atoms with Crippen LogP contribution >= 0.6 is 0 Å². The minimum atomic E-state index is -0.668. The van der Waals surface area contributed by atoms with Gasteiger partial charge in [-0.25, -0.2) is 0 Å². The van der Waals surface area contributed by atoms with Crippen LogP contribution in [0.25, 0.3) is 0 Å². The number of amides is 3. The lowest BCUT2D eigenvalue weighted by molar-refractivity contribution is -0.145. The molecule has 0 radical (unpaired) electrons. The number of hydrogen-bond donors (Lipinski definition) is 2. The van der Waals surface area contributed by atoms with Gasteiger partial charge < -0.3 is 25.3 Å². The monoisotopic (exact) mass is 413 g/mol. The molecule has 3 aliphatic heterocycles. The maximum atomic E-state index is 13.0. The molecule has 30 heavy (non-hydrogen) atoms. The number of anilines is 1. The van der Waals surface area contributed by atoms with Gasteiger partial charge in [0.15, 0.2) is 0 Å². The zero-order chi connectivity index (χ0) is 21.5. The average molecular weight is 414 g/mol. The van der Waals surface area contributed by atoms with Gasteiger partial charge in [0.05, 0.1) is 5.56 Å². The Morgan fingerprint density at radius 2 is 1.80 bits per heavy atom. The third-order valence-corrected chi connectivity index (χ3v) is 6.65. The number of fused-ring (bicyclic) bond motifs is 1. The fraction of sp³-hybridized carbons (Fsp3) is 0.591. The number of nitrogens with one attached hydrogen (secondary N) is 2. The summed E-state index contributed by atoms with van der Waals surface area (Å²) in [6.07, 6.45) is 1.34. The summed E-state index contributed by atoms with van der Waals surface area (Å²) in [4.78, 5) is 44.4. The molecule has 2 saturated heterocycles. The van der Waals surface area contributed by atoms with E-state index in [2.05, 4.69) is 15.5 Å². The Balaban J connectivity index is 1.48. The van der Waals surface area contributed by atoms with Crippen molar-refractivity contribution in [3.63, 3.8) is 0 Å². The zero-order valence-electron chi connectivity index (χ0n) is 18.0. The first-order valence-electron chi connectivity index (χ1n) is 10.8. The molecule has 8 heteroatoms. The van der Waals surface area contributed by atoms with E-state index < -0.39 is 11.7 Å². The molecule has 2 unspecified atom stereocenters. The molecule has 162 valence electrons. The van der Waals surface area contributed by atoms with E-state index in [0.717, 1.165) is 24.3 Å². The summed E-state index contributed by atoms with van der Waals surface area (Å²) in [5.41, 5.74) is 1.83. The van der Waals surface area contributed by atoms with Crippen molar-refractivity contribution in [3.8, 4) is 0 Å². The fourth-order valence-corrected chi connectivity index (χ4v) is 4.64. The van der Waals surface area contributed by atoms with E-state index in [1.54, 1.807) is 4.90 Å². The predicted octanol–water partition coefficient (Wildman–Crippen LogP) is 1.02. The van der Waals surface area contributed by atoms with Crippen molar-refractivity contribution in [2.75, 3.05) is 45.1 Å². The van der Waals surface area contributed by atoms with Crippen LogP contribution in [0.15, 0.2) is 18.2 Å². The van der Waals surface area contributed by atoms with Gasteiger partial charge in [0, 0.05) is 51.3 Å². The molecular formula is C22H31N5O3. The van der Waals surface area contributed by atoms with Crippen LogP contribution in [0.1, 0.15) is 42.1 Å². The molecule has 0 aliphatic carbocycles. The van der Waals surface area contributed by atoms with Gasteiger partial charge in [0.1, 0.15) is 11.7 Å². The van der Waals surface area contributed by atoms with Crippen molar-refractivity contribution in [1.29, 1.82) is 0 Å². The van der Waals surface area contributed by atoms with E-state index in [-0.39, 0.29) is 24.1 Å². The first kappa shape index (κ1) is 20.7. The highest BCUT2D eigenvalue weighted by molar-refractivity contribution is 6.02. The van der Waals surface area contributed by atoms with Crippen molar-refractivity contribution in [2.24, 2.45) is 0 Å². The fourth-order valence-electron chi connectivity index (χ4n) is 4.64. The van der Waals surface area contributed by atoms with Gasteiger partial charge in [0.2, 0.25) is 11.8 Å². The summed E-state index contributed by atoms with van der Waals surface area (Å²) in [6, 6.07) is 5.22. The minimum Gasteiger partial charge on any atom is -0.362 e. The number of carbonyl (C=O) groups is 3. The Labute approximate surface area is 177 Å². The lowest BCUT2D eigenvalue weighted by Crippen LogP contribution is -2.58. The Bertz CT molecular complexity index is 864. The van der Waals surface area contributed by atoms with Gasteiger partial charge in [-0.3, -0.25) is 14.4 Å². The van der Waals surface area contributed by atoms with E-state index in [1.807, 2.05) is 44.0 Å². The van der Waals surface area contributed by atoms with Crippen molar-refractivity contribution in [2.45, 2.75) is 44.8 Å². The topological polar surface area (TPSA) is 85.0 Å². The van der Waals surface area contributed by atoms with Gasteiger partial charge in [-0.1, -0.05) is 6.07 Å². The molecule has 1 aromatic rings. The van der Waals surface area contributed by atoms with E-state index in [9.17, 15) is 14.4 Å². The first-order chi connectivity index (χ1) is 14.3. The van der Waals surface area contributed by atoms with Crippen LogP contribution in [0, 0.1) is 6.92 Å². The Hall–Kier alpha value is -2.61. The smallest absolute Gasteiger partial charge is 0.255 e. The molecule has 2 fully saturated rings. The lowest BCUT2D eigenvalue weighted by atomic mass is 9.94. The number of likely N-dealkylation sites (tertiary alicyclic amines) is 1. The third kappa shape index (κ3) is 3.88. The summed E-state index contributed by atoms with van der Waals surface area (Å²) >= 11 is 0. The molecule has 4 rings (SSSR count). The average Bonchev–Trinajstić information content (AvgIpc) is 2.86. The summed E-state index contributed by atoms with van der Waals surface area (Å²) in [7, 11) is 2.05. The van der Waals surface area contributed by atoms with Gasteiger partial charge in [-0.05, 0) is 45.0 Å². The first-order valence-corrected chi connectivity index (χ1v) is 10.8. The van der Waals surface area contributed by atoms with E-state index in [1.165, 1.54) is 0 Å². The van der Waals surface area contributed by atoms with Gasteiger partial charge in [-0.2, -0.15) is 0 Å². The highest BCUT2D eigenvalue weighted by Crippen LogP contribution is 2.32. The number of piperazine rings is 1. The summed E-state index contributed by atoms with van der Waals surface area (Å²) in [5.74, 6) is -0.145. The third-order valence-electron chi connectivity index (χ3n) is 6.65. The van der Waals surface area contributed by atoms with E-state index in [4.69, 9.17) is 0 Å². The lowest BCUT2D eigenvalue weighted by Gasteiger charge is -2.40. The van der Waals surface area contributed by atoms with Crippen LogP contribution in [-0.4, -0.2) is 83.9 Å². The van der Waals surface area contributed by atoms with Crippen LogP contribution in [-0.2, 0) is 9.59 Å². The molecule has 8 nitrogen and oxygen atoms in total. The van der Waals surface area contributed by atoms with Crippen molar-refractivity contribution in [1.82, 2.24) is 20.0 Å². The number of carbonyl (C=O) groups excluding carboxylic acids is 3. The Morgan fingerprint density at radius 3 is 2.53 bits per heavy atom. The van der Waals surface area contributed by atoms with Gasteiger partial charge in [-0.15, -0.1) is 0 Å². The zero-order valence-corrected chi connectivity index (χ0v) is 18.0. The molecule has 0 saturated carbocycles. The standard InChI is InChI=1S/C22H31N5O3/c1-15-4-5-17-18(14-15)23-22(24-20(17)29)7-6-19(28)27(9-8-22)16(2)21(30)26-12-10-25(3)11-13-26/h4-5,14,16,23H,6-13H2,1-3H3,(H,24,29). The maximum Gasteiger partial charge on any atom is 0.255 e. The number of benzene rings is 1. The molecular weight excluding hydrogens is 382 g/mol. The molecule has 0 aromatic heterocycles. The number of nitrogens with zero attached hydrogens (tertiary/aromatic N) is 3. The van der Waals surface area contributed by atoms with E-state index in [0.29, 0.717) is 38.0 Å². The quantitative estimate of drug-likeness (QED) is 0.756. The highest BCUT2D eigenvalue weighted by Gasteiger charge is 2.42. The van der Waals surface area contributed by atoms with Gasteiger partial charge in [0.25, 0.3) is 5.91 Å². The second-order valence-corrected chi connectivity index (χ2v) is 8.85. The Kier molecular flexibility index (Phi) is 5.44. The van der Waals surface area contributed by atoms with Crippen LogP contribution in [0.5, 0.6) is 0 Å². The molecule has 2 atom stereocenters. The maximum absolute atomic E-state index is 13.0. The molecule has 1 aromatic carbocycles. The van der Waals surface area contributed by atoms with Crippen molar-refractivity contribution in [3.05, 3.63) is 29.3 Å². The van der Waals surface area contributed by atoms with Crippen LogP contribution in [0.4, 0.5) is 5.69 Å². The largest absolute Gasteiger partial charge is 0.362 e. The molecule has 2 N–H and O–H groups in total. The predicted molar refractivity (Wildman–Crippen MR) is 114 cm³/mol. The van der Waals surface area contributed by atoms with Crippen LogP contribution < -0.4 is 10.6 Å². The molecule has 1 spiro atoms. The molecule has 3 aliphatic rings. The van der Waals surface area contributed by atoms with Crippen LogP contribution in [0.3, 0.4) is 0 Å². The summed E-state index contributed by atoms with van der Waals surface area (Å²) in [5, 5.41) is 6.58. The molecule has 3 amide bonds. The summed E-state index contributed by atoms with van der Waals surface area (Å²) in [6.45, 7) is 7.33. The summed E-state index contributed by atoms with van der Waals surface area (Å²) < 4.78 is 0. The number of rotatable bonds is 2. The number of hydrogen-bond acceptors (Lipinski definition) is 5. The SMILES string of the molecule is Cc1ccc2c(c1)NC1(CCC(=O)N(C(C)C(=O)N3CCN(C)CC3)CC1)NC2=O. The molecule has 0 bridgehead atoms. The number of aryl methyl sites for hydroxylation is 1. The second kappa shape index (κ2) is 7.91. The van der Waals surface area contributed by atoms with E-state index >= 15 is 0 Å². The minimum absolute atomic E-state index is 0.00834. The highest BCUT2D eigenvalue weighted by atomic mass is 16.2. The molecule has 3 heterocycles. The Morgan fingerprint density at radius 1 is 1.07 bits per heavy atom. The van der Waals surface area contributed by atoms with Crippen molar-refractivity contribution >= 4 is 23.4 Å². The van der Waals surface area contributed by atoms with Gasteiger partial charge >= 0.3 is 0 Å². The normalized spacial score (nSPS) is 26.0. The van der Waals surface area contributed by atoms with Crippen LogP contribution in [0.2, 0.25) is 0 Å². The van der Waals surface area contributed by atoms with Crippen molar-refractivity contribution < 1.29 is 14.4 Å². The number of likely N-dealkylation sites (N-methyl/N-ethyl adjacent to an activating group) is 1.